The minimum absolute atomic E-state index is 0.0187. The van der Waals surface area contributed by atoms with Crippen LogP contribution in [0.2, 0.25) is 0 Å². The fraction of sp³-hybridized carbons (Fsp3) is 0.429. The van der Waals surface area contributed by atoms with E-state index in [1.54, 1.807) is 31.2 Å². The van der Waals surface area contributed by atoms with Gasteiger partial charge in [0.2, 0.25) is 0 Å². The second-order valence-corrected chi connectivity index (χ2v) is 7.02. The molecule has 0 saturated carbocycles. The Bertz CT molecular complexity index is 802. The first kappa shape index (κ1) is 23.2. The maximum absolute atomic E-state index is 13.9. The largest absolute Gasteiger partial charge is 0.419 e. The van der Waals surface area contributed by atoms with Gasteiger partial charge in [0.05, 0.1) is 6.10 Å². The number of hydrogen-bond donors (Lipinski definition) is 1. The molecule has 0 aromatic heterocycles. The van der Waals surface area contributed by atoms with E-state index < -0.39 is 48.2 Å². The van der Waals surface area contributed by atoms with Gasteiger partial charge in [0.15, 0.2) is 23.6 Å². The second kappa shape index (κ2) is 9.61. The quantitative estimate of drug-likeness (QED) is 0.395. The molecule has 3 atom stereocenters. The van der Waals surface area contributed by atoms with Gasteiger partial charge < -0.3 is 5.11 Å². The Morgan fingerprint density at radius 2 is 1.55 bits per heavy atom. The van der Waals surface area contributed by atoms with Gasteiger partial charge in [-0.3, -0.25) is 0 Å². The highest BCUT2D eigenvalue weighted by atomic mass is 19.4. The standard InChI is InChI=1S/C21H21F7O/c1-12(16-9-10-17(22)20(25)19(16)24)14-7-5-13(6-8-14)3-2-4-15(29)11-18(23)21(26,27)28/h5-10,12,15,18,29H,2-4,11H2,1H3. The number of halogens is 7. The highest BCUT2D eigenvalue weighted by Gasteiger charge is 2.40. The molecule has 0 spiro atoms. The molecule has 2 rings (SSSR count). The minimum Gasteiger partial charge on any atom is -0.393 e. The van der Waals surface area contributed by atoms with E-state index in [-0.39, 0.29) is 12.0 Å². The third kappa shape index (κ3) is 6.19. The van der Waals surface area contributed by atoms with Crippen molar-refractivity contribution in [1.82, 2.24) is 0 Å². The minimum atomic E-state index is -4.97. The Labute approximate surface area is 164 Å². The number of alkyl halides is 4. The number of aliphatic hydroxyl groups excluding tert-OH is 1. The van der Waals surface area contributed by atoms with E-state index in [9.17, 15) is 35.8 Å². The van der Waals surface area contributed by atoms with Crippen LogP contribution in [0, 0.1) is 17.5 Å². The van der Waals surface area contributed by atoms with Gasteiger partial charge in [0, 0.05) is 12.3 Å². The summed E-state index contributed by atoms with van der Waals surface area (Å²) < 4.78 is 89.8. The number of hydrogen-bond acceptors (Lipinski definition) is 1. The molecule has 0 aliphatic carbocycles. The predicted octanol–water partition coefficient (Wildman–Crippen LogP) is 6.23. The SMILES string of the molecule is CC(c1ccc(CCCC(O)CC(F)C(F)(F)F)cc1)c1ccc(F)c(F)c1F. The van der Waals surface area contributed by atoms with Gasteiger partial charge in [0.25, 0.3) is 0 Å². The van der Waals surface area contributed by atoms with Crippen molar-refractivity contribution in [2.45, 2.75) is 57.0 Å². The molecule has 0 fully saturated rings. The fourth-order valence-corrected chi connectivity index (χ4v) is 3.06. The van der Waals surface area contributed by atoms with Crippen LogP contribution in [-0.4, -0.2) is 23.6 Å². The summed E-state index contributed by atoms with van der Waals surface area (Å²) in [6.45, 7) is 1.65. The second-order valence-electron chi connectivity index (χ2n) is 7.02. The Hall–Kier alpha value is -2.09. The average Bonchev–Trinajstić information content (AvgIpc) is 2.65. The van der Waals surface area contributed by atoms with Gasteiger partial charge in [-0.05, 0) is 42.0 Å². The molecule has 3 unspecified atom stereocenters. The van der Waals surface area contributed by atoms with Crippen molar-refractivity contribution in [2.24, 2.45) is 0 Å². The van der Waals surface area contributed by atoms with Crippen molar-refractivity contribution < 1.29 is 35.8 Å². The van der Waals surface area contributed by atoms with Gasteiger partial charge in [-0.15, -0.1) is 0 Å². The van der Waals surface area contributed by atoms with E-state index >= 15 is 0 Å². The van der Waals surface area contributed by atoms with Crippen LogP contribution in [0.3, 0.4) is 0 Å². The van der Waals surface area contributed by atoms with Gasteiger partial charge in [-0.1, -0.05) is 37.3 Å². The van der Waals surface area contributed by atoms with Gasteiger partial charge in [-0.2, -0.15) is 13.2 Å². The Balaban J connectivity index is 1.91. The van der Waals surface area contributed by atoms with E-state index in [0.717, 1.165) is 11.6 Å². The summed E-state index contributed by atoms with van der Waals surface area (Å²) in [4.78, 5) is 0. The fourth-order valence-electron chi connectivity index (χ4n) is 3.06. The maximum atomic E-state index is 13.9. The summed E-state index contributed by atoms with van der Waals surface area (Å²) in [6.07, 6.45) is -9.56. The molecule has 1 N–H and O–H groups in total. The van der Waals surface area contributed by atoms with Crippen molar-refractivity contribution in [3.63, 3.8) is 0 Å². The number of aryl methyl sites for hydroxylation is 1. The van der Waals surface area contributed by atoms with Gasteiger partial charge in [0.1, 0.15) is 0 Å². The lowest BCUT2D eigenvalue weighted by atomic mass is 9.91. The van der Waals surface area contributed by atoms with Crippen molar-refractivity contribution in [2.75, 3.05) is 0 Å². The van der Waals surface area contributed by atoms with Crippen LogP contribution in [-0.2, 0) is 6.42 Å². The molecule has 0 radical (unpaired) electrons. The van der Waals surface area contributed by atoms with E-state index in [1.807, 2.05) is 0 Å². The first-order valence-corrected chi connectivity index (χ1v) is 9.11. The Morgan fingerprint density at radius 3 is 2.14 bits per heavy atom. The first-order valence-electron chi connectivity index (χ1n) is 9.11. The Kier molecular flexibility index (Phi) is 7.68. The third-order valence-electron chi connectivity index (χ3n) is 4.85. The molecule has 0 bridgehead atoms. The van der Waals surface area contributed by atoms with Crippen molar-refractivity contribution in [3.8, 4) is 0 Å². The highest BCUT2D eigenvalue weighted by Crippen LogP contribution is 2.29. The normalized spacial score (nSPS) is 15.2. The molecule has 0 aliphatic heterocycles. The smallest absolute Gasteiger partial charge is 0.393 e. The predicted molar refractivity (Wildman–Crippen MR) is 94.8 cm³/mol. The number of benzene rings is 2. The summed E-state index contributed by atoms with van der Waals surface area (Å²) in [7, 11) is 0. The van der Waals surface area contributed by atoms with E-state index in [2.05, 4.69) is 0 Å². The third-order valence-corrected chi connectivity index (χ3v) is 4.85. The van der Waals surface area contributed by atoms with E-state index in [1.165, 1.54) is 6.07 Å². The van der Waals surface area contributed by atoms with Crippen LogP contribution in [0.5, 0.6) is 0 Å². The van der Waals surface area contributed by atoms with Crippen molar-refractivity contribution in [3.05, 3.63) is 70.5 Å². The van der Waals surface area contributed by atoms with Gasteiger partial charge >= 0.3 is 6.18 Å². The molecule has 8 heteroatoms. The van der Waals surface area contributed by atoms with Crippen LogP contribution < -0.4 is 0 Å². The Morgan fingerprint density at radius 1 is 0.931 bits per heavy atom. The molecular weight excluding hydrogens is 401 g/mol. The van der Waals surface area contributed by atoms with Crippen LogP contribution in [0.1, 0.15) is 48.8 Å². The van der Waals surface area contributed by atoms with Crippen molar-refractivity contribution in [1.29, 1.82) is 0 Å². The molecule has 29 heavy (non-hydrogen) atoms. The maximum Gasteiger partial charge on any atom is 0.419 e. The monoisotopic (exact) mass is 422 g/mol. The topological polar surface area (TPSA) is 20.2 Å². The van der Waals surface area contributed by atoms with Crippen LogP contribution in [0.15, 0.2) is 36.4 Å². The molecule has 2 aromatic carbocycles. The summed E-state index contributed by atoms with van der Waals surface area (Å²) in [6, 6.07) is 8.89. The van der Waals surface area contributed by atoms with E-state index in [4.69, 9.17) is 0 Å². The zero-order valence-electron chi connectivity index (χ0n) is 15.6. The lowest BCUT2D eigenvalue weighted by Crippen LogP contribution is -2.28. The molecular formula is C21H21F7O. The van der Waals surface area contributed by atoms with E-state index in [0.29, 0.717) is 18.4 Å². The summed E-state index contributed by atoms with van der Waals surface area (Å²) in [5, 5.41) is 9.54. The van der Waals surface area contributed by atoms with Gasteiger partial charge in [-0.25, -0.2) is 17.6 Å². The molecule has 0 amide bonds. The highest BCUT2D eigenvalue weighted by molar-refractivity contribution is 5.35. The van der Waals surface area contributed by atoms with Crippen LogP contribution in [0.25, 0.3) is 0 Å². The first-order chi connectivity index (χ1) is 13.5. The van der Waals surface area contributed by atoms with Crippen LogP contribution in [0.4, 0.5) is 30.7 Å². The molecule has 0 saturated heterocycles. The lowest BCUT2D eigenvalue weighted by Gasteiger charge is -2.16. The molecule has 0 heterocycles. The molecule has 2 aromatic rings. The molecule has 1 nitrogen and oxygen atoms in total. The summed E-state index contributed by atoms with van der Waals surface area (Å²) in [5.41, 5.74) is 1.51. The van der Waals surface area contributed by atoms with Crippen molar-refractivity contribution >= 4 is 0 Å². The van der Waals surface area contributed by atoms with Crippen LogP contribution >= 0.6 is 0 Å². The average molecular weight is 422 g/mol. The molecule has 160 valence electrons. The summed E-state index contributed by atoms with van der Waals surface area (Å²) >= 11 is 0. The zero-order chi connectivity index (χ0) is 21.8. The summed E-state index contributed by atoms with van der Waals surface area (Å²) in [5.74, 6) is -4.54. The zero-order valence-corrected chi connectivity index (χ0v) is 15.6. The number of aliphatic hydroxyl groups is 1. The lowest BCUT2D eigenvalue weighted by molar-refractivity contribution is -0.187. The number of rotatable bonds is 8. The molecule has 0 aliphatic rings.